The third kappa shape index (κ3) is 3.80. The number of rotatable bonds is 6. The van der Waals surface area contributed by atoms with Crippen LogP contribution in [0.3, 0.4) is 0 Å². The zero-order chi connectivity index (χ0) is 17.1. The molecule has 6 nitrogen and oxygen atoms in total. The molecule has 0 saturated carbocycles. The minimum Gasteiger partial charge on any atom is -0.338 e. The van der Waals surface area contributed by atoms with Crippen LogP contribution in [-0.4, -0.2) is 20.3 Å². The molecule has 0 radical (unpaired) electrons. The van der Waals surface area contributed by atoms with Gasteiger partial charge in [0.15, 0.2) is 5.82 Å². The minimum atomic E-state index is 0.560. The molecule has 25 heavy (non-hydrogen) atoms. The summed E-state index contributed by atoms with van der Waals surface area (Å²) < 4.78 is 10.6. The van der Waals surface area contributed by atoms with Crippen LogP contribution >= 0.6 is 23.1 Å². The summed E-state index contributed by atoms with van der Waals surface area (Å²) in [6, 6.07) is 12.0. The van der Waals surface area contributed by atoms with E-state index in [0.717, 1.165) is 10.4 Å². The molecule has 3 heterocycles. The number of hydrogen-bond acceptors (Lipinski definition) is 8. The molecule has 4 rings (SSSR count). The molecule has 4 aromatic rings. The van der Waals surface area contributed by atoms with Gasteiger partial charge in [-0.25, -0.2) is 0 Å². The quantitative estimate of drug-likeness (QED) is 0.491. The molecule has 3 aromatic heterocycles. The third-order valence-corrected chi connectivity index (χ3v) is 5.21. The number of thioether (sulfide) groups is 1. The smallest absolute Gasteiger partial charge is 0.268 e. The standard InChI is InChI=1S/C17H14N4O2S2/c1-11-4-6-12(7-5-11)16-19-15(22-21-16)10-24-9-14-18-17(23-20-14)13-3-2-8-25-13/h2-8H,9-10H2,1H3. The topological polar surface area (TPSA) is 77.8 Å². The lowest BCUT2D eigenvalue weighted by atomic mass is 10.1. The lowest BCUT2D eigenvalue weighted by Crippen LogP contribution is -1.87. The summed E-state index contributed by atoms with van der Waals surface area (Å²) in [5.74, 6) is 3.63. The third-order valence-electron chi connectivity index (χ3n) is 3.43. The van der Waals surface area contributed by atoms with Gasteiger partial charge in [0.25, 0.3) is 5.89 Å². The molecule has 0 spiro atoms. The van der Waals surface area contributed by atoms with Gasteiger partial charge in [-0.2, -0.15) is 9.97 Å². The lowest BCUT2D eigenvalue weighted by Gasteiger charge is -1.94. The van der Waals surface area contributed by atoms with Crippen molar-refractivity contribution in [2.45, 2.75) is 18.4 Å². The van der Waals surface area contributed by atoms with Crippen LogP contribution in [0.4, 0.5) is 0 Å². The Morgan fingerprint density at radius 3 is 2.68 bits per heavy atom. The molecule has 8 heteroatoms. The maximum absolute atomic E-state index is 5.31. The summed E-state index contributed by atoms with van der Waals surface area (Å²) >= 11 is 3.18. The Bertz CT molecular complexity index is 945. The Morgan fingerprint density at radius 2 is 1.88 bits per heavy atom. The summed E-state index contributed by atoms with van der Waals surface area (Å²) in [6.45, 7) is 2.05. The number of nitrogens with zero attached hydrogens (tertiary/aromatic N) is 4. The predicted molar refractivity (Wildman–Crippen MR) is 97.1 cm³/mol. The van der Waals surface area contributed by atoms with Crippen LogP contribution in [0.15, 0.2) is 50.8 Å². The Morgan fingerprint density at radius 1 is 1.00 bits per heavy atom. The average molecular weight is 370 g/mol. The second-order valence-corrected chi connectivity index (χ2v) is 7.30. The van der Waals surface area contributed by atoms with Crippen LogP contribution in [0.25, 0.3) is 22.2 Å². The molecule has 0 N–H and O–H groups in total. The van der Waals surface area contributed by atoms with E-state index in [1.165, 1.54) is 5.56 Å². The molecule has 0 bridgehead atoms. The fourth-order valence-electron chi connectivity index (χ4n) is 2.18. The summed E-state index contributed by atoms with van der Waals surface area (Å²) in [6.07, 6.45) is 0. The molecule has 0 saturated heterocycles. The van der Waals surface area contributed by atoms with Crippen molar-refractivity contribution < 1.29 is 9.05 Å². The predicted octanol–water partition coefficient (Wildman–Crippen LogP) is 4.59. The molecule has 0 aliphatic heterocycles. The molecule has 0 unspecified atom stereocenters. The monoisotopic (exact) mass is 370 g/mol. The fraction of sp³-hybridized carbons (Fsp3) is 0.176. The van der Waals surface area contributed by atoms with Crippen molar-refractivity contribution in [3.8, 4) is 22.2 Å². The van der Waals surface area contributed by atoms with Gasteiger partial charge in [-0.05, 0) is 18.4 Å². The van der Waals surface area contributed by atoms with Crippen molar-refractivity contribution in [1.29, 1.82) is 0 Å². The van der Waals surface area contributed by atoms with E-state index < -0.39 is 0 Å². The van der Waals surface area contributed by atoms with Crippen LogP contribution in [0.1, 0.15) is 17.3 Å². The Labute approximate surface area is 152 Å². The van der Waals surface area contributed by atoms with Crippen LogP contribution in [-0.2, 0) is 11.5 Å². The van der Waals surface area contributed by atoms with Gasteiger partial charge >= 0.3 is 0 Å². The van der Waals surface area contributed by atoms with Crippen molar-refractivity contribution in [3.05, 3.63) is 59.1 Å². The number of aromatic nitrogens is 4. The van der Waals surface area contributed by atoms with Crippen molar-refractivity contribution >= 4 is 23.1 Å². The maximum Gasteiger partial charge on any atom is 0.268 e. The van der Waals surface area contributed by atoms with E-state index in [4.69, 9.17) is 9.05 Å². The van der Waals surface area contributed by atoms with E-state index in [2.05, 4.69) is 20.3 Å². The summed E-state index contributed by atoms with van der Waals surface area (Å²) in [5, 5.41) is 10.0. The van der Waals surface area contributed by atoms with E-state index in [0.29, 0.717) is 34.9 Å². The molecular weight excluding hydrogens is 356 g/mol. The molecule has 126 valence electrons. The van der Waals surface area contributed by atoms with E-state index in [9.17, 15) is 0 Å². The normalized spacial score (nSPS) is 11.1. The SMILES string of the molecule is Cc1ccc(-c2noc(CSCc3noc(-c4cccs4)n3)n2)cc1. The Kier molecular flexibility index (Phi) is 4.62. The van der Waals surface area contributed by atoms with Crippen LogP contribution in [0.5, 0.6) is 0 Å². The largest absolute Gasteiger partial charge is 0.338 e. The lowest BCUT2D eigenvalue weighted by molar-refractivity contribution is 0.391. The summed E-state index contributed by atoms with van der Waals surface area (Å²) in [5.41, 5.74) is 2.15. The maximum atomic E-state index is 5.31. The number of thiophene rings is 1. The van der Waals surface area contributed by atoms with Gasteiger partial charge in [-0.15, -0.1) is 23.1 Å². The Hall–Kier alpha value is -2.45. The van der Waals surface area contributed by atoms with E-state index >= 15 is 0 Å². The van der Waals surface area contributed by atoms with Crippen molar-refractivity contribution in [3.63, 3.8) is 0 Å². The molecule has 0 aliphatic carbocycles. The first-order valence-electron chi connectivity index (χ1n) is 7.62. The molecule has 0 aliphatic rings. The highest BCUT2D eigenvalue weighted by Gasteiger charge is 2.12. The van der Waals surface area contributed by atoms with Crippen LogP contribution in [0.2, 0.25) is 0 Å². The number of benzene rings is 1. The van der Waals surface area contributed by atoms with E-state index in [1.54, 1.807) is 23.1 Å². The second kappa shape index (κ2) is 7.20. The first kappa shape index (κ1) is 16.0. The highest BCUT2D eigenvalue weighted by atomic mass is 32.2. The zero-order valence-electron chi connectivity index (χ0n) is 13.4. The van der Waals surface area contributed by atoms with Gasteiger partial charge in [-0.3, -0.25) is 0 Å². The van der Waals surface area contributed by atoms with Crippen LogP contribution < -0.4 is 0 Å². The van der Waals surface area contributed by atoms with Gasteiger partial charge in [0.05, 0.1) is 16.4 Å². The Balaban J connectivity index is 1.34. The van der Waals surface area contributed by atoms with Crippen molar-refractivity contribution in [2.24, 2.45) is 0 Å². The first-order chi connectivity index (χ1) is 12.3. The second-order valence-electron chi connectivity index (χ2n) is 5.36. The zero-order valence-corrected chi connectivity index (χ0v) is 15.0. The van der Waals surface area contributed by atoms with E-state index in [-0.39, 0.29) is 0 Å². The molecule has 0 fully saturated rings. The average Bonchev–Trinajstić information content (AvgIpc) is 3.37. The highest BCUT2D eigenvalue weighted by molar-refractivity contribution is 7.97. The number of hydrogen-bond donors (Lipinski definition) is 0. The molecule has 1 aromatic carbocycles. The minimum absolute atomic E-state index is 0.560. The van der Waals surface area contributed by atoms with Gasteiger partial charge in [-0.1, -0.05) is 46.2 Å². The first-order valence-corrected chi connectivity index (χ1v) is 9.65. The highest BCUT2D eigenvalue weighted by Crippen LogP contribution is 2.24. The summed E-state index contributed by atoms with van der Waals surface area (Å²) in [7, 11) is 0. The van der Waals surface area contributed by atoms with E-state index in [1.807, 2.05) is 48.7 Å². The van der Waals surface area contributed by atoms with Gasteiger partial charge < -0.3 is 9.05 Å². The molecule has 0 amide bonds. The number of aryl methyl sites for hydroxylation is 1. The molecule has 0 atom stereocenters. The van der Waals surface area contributed by atoms with Gasteiger partial charge in [0.2, 0.25) is 11.7 Å². The van der Waals surface area contributed by atoms with Crippen molar-refractivity contribution in [2.75, 3.05) is 0 Å². The van der Waals surface area contributed by atoms with Crippen LogP contribution in [0, 0.1) is 6.92 Å². The fourth-order valence-corrected chi connectivity index (χ4v) is 3.51. The molecular formula is C17H14N4O2S2. The van der Waals surface area contributed by atoms with Gasteiger partial charge in [0.1, 0.15) is 0 Å². The van der Waals surface area contributed by atoms with Crippen molar-refractivity contribution in [1.82, 2.24) is 20.3 Å². The summed E-state index contributed by atoms with van der Waals surface area (Å²) in [4.78, 5) is 9.79. The van der Waals surface area contributed by atoms with Gasteiger partial charge in [0, 0.05) is 5.56 Å².